The summed E-state index contributed by atoms with van der Waals surface area (Å²) in [5.41, 5.74) is 5.73. The second kappa shape index (κ2) is 6.51. The van der Waals surface area contributed by atoms with Crippen molar-refractivity contribution in [2.45, 2.75) is 44.4 Å². The van der Waals surface area contributed by atoms with Crippen LogP contribution in [0.1, 0.15) is 36.2 Å². The molecule has 2 atom stereocenters. The summed E-state index contributed by atoms with van der Waals surface area (Å²) in [6.45, 7) is -0.678. The van der Waals surface area contributed by atoms with E-state index in [1.165, 1.54) is 18.3 Å². The zero-order chi connectivity index (χ0) is 15.5. The van der Waals surface area contributed by atoms with Gasteiger partial charge in [0.25, 0.3) is 5.91 Å². The van der Waals surface area contributed by atoms with Crippen LogP contribution >= 0.6 is 0 Å². The molecule has 0 aliphatic heterocycles. The number of aromatic nitrogens is 1. The fourth-order valence-corrected chi connectivity index (χ4v) is 2.87. The van der Waals surface area contributed by atoms with Crippen molar-refractivity contribution in [3.63, 3.8) is 0 Å². The summed E-state index contributed by atoms with van der Waals surface area (Å²) in [4.78, 5) is 12.2. The van der Waals surface area contributed by atoms with Gasteiger partial charge < -0.3 is 15.6 Å². The van der Waals surface area contributed by atoms with Gasteiger partial charge in [-0.15, -0.1) is 0 Å². The van der Waals surface area contributed by atoms with E-state index in [-0.39, 0.29) is 17.7 Å². The van der Waals surface area contributed by atoms with Gasteiger partial charge >= 0.3 is 6.18 Å². The number of nitrogens with zero attached hydrogens (tertiary/aromatic N) is 1. The Labute approximate surface area is 121 Å². The minimum absolute atomic E-state index is 0.0358. The summed E-state index contributed by atoms with van der Waals surface area (Å²) in [5, 5.41) is 2.84. The summed E-state index contributed by atoms with van der Waals surface area (Å²) in [7, 11) is 0. The average Bonchev–Trinajstić information content (AvgIpc) is 2.85. The van der Waals surface area contributed by atoms with Gasteiger partial charge in [0.15, 0.2) is 0 Å². The number of rotatable bonds is 4. The molecule has 1 aromatic heterocycles. The Morgan fingerprint density at radius 1 is 1.38 bits per heavy atom. The molecule has 7 heteroatoms. The van der Waals surface area contributed by atoms with E-state index in [2.05, 4.69) is 5.32 Å². The zero-order valence-corrected chi connectivity index (χ0v) is 11.7. The van der Waals surface area contributed by atoms with Gasteiger partial charge in [0.2, 0.25) is 0 Å². The normalized spacial score (nSPS) is 23.0. The first-order valence-corrected chi connectivity index (χ1v) is 7.13. The molecular weight excluding hydrogens is 283 g/mol. The lowest BCUT2D eigenvalue weighted by atomic mass is 9.84. The van der Waals surface area contributed by atoms with Crippen LogP contribution in [0.15, 0.2) is 18.3 Å². The fourth-order valence-electron chi connectivity index (χ4n) is 2.87. The quantitative estimate of drug-likeness (QED) is 0.896. The Bertz CT molecular complexity index is 484. The van der Waals surface area contributed by atoms with Crippen molar-refractivity contribution in [3.05, 3.63) is 24.0 Å². The van der Waals surface area contributed by atoms with Crippen LogP contribution in [-0.2, 0) is 6.54 Å². The Kier molecular flexibility index (Phi) is 4.92. The monoisotopic (exact) mass is 303 g/mol. The van der Waals surface area contributed by atoms with Crippen LogP contribution in [0, 0.1) is 5.92 Å². The SMILES string of the molecule is NCC1CCCCC1NC(=O)c1cccn1CC(F)(F)F. The molecule has 2 rings (SSSR count). The third-order valence-electron chi connectivity index (χ3n) is 3.94. The second-order valence-corrected chi connectivity index (χ2v) is 5.50. The second-order valence-electron chi connectivity index (χ2n) is 5.50. The van der Waals surface area contributed by atoms with Gasteiger partial charge in [0.05, 0.1) is 0 Å². The summed E-state index contributed by atoms with van der Waals surface area (Å²) in [5.74, 6) is -0.261. The highest BCUT2D eigenvalue weighted by Gasteiger charge is 2.30. The molecular formula is C14H20F3N3O. The number of carbonyl (C=O) groups excluding carboxylic acids is 1. The van der Waals surface area contributed by atoms with Crippen molar-refractivity contribution in [1.29, 1.82) is 0 Å². The lowest BCUT2D eigenvalue weighted by Crippen LogP contribution is -2.45. The molecule has 0 bridgehead atoms. The Balaban J connectivity index is 2.05. The van der Waals surface area contributed by atoms with Gasteiger partial charge in [-0.2, -0.15) is 13.2 Å². The van der Waals surface area contributed by atoms with Gasteiger partial charge in [-0.1, -0.05) is 12.8 Å². The molecule has 1 aliphatic carbocycles. The van der Waals surface area contributed by atoms with Crippen molar-refractivity contribution in [3.8, 4) is 0 Å². The van der Waals surface area contributed by atoms with Gasteiger partial charge in [-0.05, 0) is 37.4 Å². The molecule has 4 nitrogen and oxygen atoms in total. The summed E-state index contributed by atoms with van der Waals surface area (Å²) >= 11 is 0. The highest BCUT2D eigenvalue weighted by Crippen LogP contribution is 2.24. The van der Waals surface area contributed by atoms with E-state index < -0.39 is 18.6 Å². The highest BCUT2D eigenvalue weighted by molar-refractivity contribution is 5.93. The first-order valence-electron chi connectivity index (χ1n) is 7.13. The Morgan fingerprint density at radius 2 is 2.10 bits per heavy atom. The number of nitrogens with two attached hydrogens (primary N) is 1. The molecule has 1 fully saturated rings. The van der Waals surface area contributed by atoms with Crippen LogP contribution in [0.25, 0.3) is 0 Å². The van der Waals surface area contributed by atoms with Gasteiger partial charge in [0.1, 0.15) is 12.2 Å². The lowest BCUT2D eigenvalue weighted by Gasteiger charge is -2.31. The first-order chi connectivity index (χ1) is 9.90. The molecule has 0 radical (unpaired) electrons. The maximum atomic E-state index is 12.5. The van der Waals surface area contributed by atoms with E-state index in [1.807, 2.05) is 0 Å². The van der Waals surface area contributed by atoms with Crippen LogP contribution in [0.2, 0.25) is 0 Å². The van der Waals surface area contributed by atoms with E-state index in [1.54, 1.807) is 0 Å². The number of hydrogen-bond acceptors (Lipinski definition) is 2. The smallest absolute Gasteiger partial charge is 0.348 e. The zero-order valence-electron chi connectivity index (χ0n) is 11.7. The maximum absolute atomic E-state index is 12.5. The minimum atomic E-state index is -4.35. The molecule has 1 heterocycles. The predicted molar refractivity (Wildman–Crippen MR) is 72.8 cm³/mol. The predicted octanol–water partition coefficient (Wildman–Crippen LogP) is 2.30. The Morgan fingerprint density at radius 3 is 2.76 bits per heavy atom. The van der Waals surface area contributed by atoms with Crippen molar-refractivity contribution >= 4 is 5.91 Å². The van der Waals surface area contributed by atoms with E-state index in [9.17, 15) is 18.0 Å². The summed E-state index contributed by atoms with van der Waals surface area (Å²) in [6.07, 6.45) is 0.782. The van der Waals surface area contributed by atoms with Crippen LogP contribution in [0.5, 0.6) is 0 Å². The molecule has 1 aromatic rings. The van der Waals surface area contributed by atoms with Crippen molar-refractivity contribution in [2.24, 2.45) is 11.7 Å². The number of carbonyl (C=O) groups is 1. The topological polar surface area (TPSA) is 60.0 Å². The Hall–Kier alpha value is -1.50. The molecule has 0 saturated heterocycles. The van der Waals surface area contributed by atoms with Crippen LogP contribution in [0.4, 0.5) is 13.2 Å². The number of alkyl halides is 3. The highest BCUT2D eigenvalue weighted by atomic mass is 19.4. The average molecular weight is 303 g/mol. The molecule has 0 aromatic carbocycles. The molecule has 2 unspecified atom stereocenters. The van der Waals surface area contributed by atoms with E-state index in [0.717, 1.165) is 30.3 Å². The summed E-state index contributed by atoms with van der Waals surface area (Å²) in [6, 6.07) is 2.80. The van der Waals surface area contributed by atoms with Gasteiger partial charge in [0, 0.05) is 12.2 Å². The maximum Gasteiger partial charge on any atom is 0.406 e. The van der Waals surface area contributed by atoms with Crippen LogP contribution < -0.4 is 11.1 Å². The number of amides is 1. The number of halogens is 3. The molecule has 1 saturated carbocycles. The number of hydrogen-bond donors (Lipinski definition) is 2. The third-order valence-corrected chi connectivity index (χ3v) is 3.94. The van der Waals surface area contributed by atoms with E-state index in [4.69, 9.17) is 5.73 Å². The van der Waals surface area contributed by atoms with Gasteiger partial charge in [-0.3, -0.25) is 4.79 Å². The van der Waals surface area contributed by atoms with Crippen LogP contribution in [-0.4, -0.2) is 29.2 Å². The lowest BCUT2D eigenvalue weighted by molar-refractivity contribution is -0.140. The van der Waals surface area contributed by atoms with Crippen molar-refractivity contribution in [1.82, 2.24) is 9.88 Å². The first kappa shape index (κ1) is 15.9. The molecule has 0 spiro atoms. The van der Waals surface area contributed by atoms with Crippen molar-refractivity contribution in [2.75, 3.05) is 6.54 Å². The van der Waals surface area contributed by atoms with Crippen molar-refractivity contribution < 1.29 is 18.0 Å². The number of nitrogens with one attached hydrogen (secondary N) is 1. The standard InChI is InChI=1S/C14H20F3N3O/c15-14(16,17)9-20-7-3-6-12(20)13(21)19-11-5-2-1-4-10(11)8-18/h3,6-7,10-11H,1-2,4-5,8-9,18H2,(H,19,21). The summed E-state index contributed by atoms with van der Waals surface area (Å²) < 4.78 is 38.3. The minimum Gasteiger partial charge on any atom is -0.348 e. The molecule has 118 valence electrons. The molecule has 21 heavy (non-hydrogen) atoms. The molecule has 1 amide bonds. The van der Waals surface area contributed by atoms with E-state index in [0.29, 0.717) is 6.54 Å². The third kappa shape index (κ3) is 4.23. The van der Waals surface area contributed by atoms with E-state index >= 15 is 0 Å². The molecule has 3 N–H and O–H groups in total. The van der Waals surface area contributed by atoms with Crippen LogP contribution in [0.3, 0.4) is 0 Å². The van der Waals surface area contributed by atoms with Gasteiger partial charge in [-0.25, -0.2) is 0 Å². The largest absolute Gasteiger partial charge is 0.406 e. The fraction of sp³-hybridized carbons (Fsp3) is 0.643. The molecule has 1 aliphatic rings.